The lowest BCUT2D eigenvalue weighted by Crippen LogP contribution is -2.35. The lowest BCUT2D eigenvalue weighted by Gasteiger charge is -2.26. The Morgan fingerprint density at radius 3 is 3.21 bits per heavy atom. The van der Waals surface area contributed by atoms with Crippen molar-refractivity contribution in [1.82, 2.24) is 15.6 Å². The first-order valence-electron chi connectivity index (χ1n) is 6.80. The van der Waals surface area contributed by atoms with E-state index in [-0.39, 0.29) is 0 Å². The molecule has 2 aromatic rings. The third kappa shape index (κ3) is 3.21. The zero-order valence-electron chi connectivity index (χ0n) is 10.9. The predicted molar refractivity (Wildman–Crippen MR) is 79.6 cm³/mol. The largest absolute Gasteiger partial charge is 0.316 e. The van der Waals surface area contributed by atoms with Gasteiger partial charge in [-0.2, -0.15) is 0 Å². The van der Waals surface area contributed by atoms with Gasteiger partial charge in [0, 0.05) is 43.9 Å². The van der Waals surface area contributed by atoms with Crippen molar-refractivity contribution in [2.45, 2.75) is 18.9 Å². The van der Waals surface area contributed by atoms with Crippen molar-refractivity contribution in [1.29, 1.82) is 0 Å². The van der Waals surface area contributed by atoms with Crippen molar-refractivity contribution in [3.63, 3.8) is 0 Å². The van der Waals surface area contributed by atoms with Gasteiger partial charge in [-0.15, -0.1) is 11.3 Å². The predicted octanol–water partition coefficient (Wildman–Crippen LogP) is 2.16. The lowest BCUT2D eigenvalue weighted by molar-refractivity contribution is 0.504. The number of nitrogens with zero attached hydrogens (tertiary/aromatic N) is 1. The van der Waals surface area contributed by atoms with E-state index in [0.29, 0.717) is 5.92 Å². The second kappa shape index (κ2) is 6.28. The van der Waals surface area contributed by atoms with E-state index in [9.17, 15) is 0 Å². The Morgan fingerprint density at radius 1 is 1.37 bits per heavy atom. The molecule has 1 aliphatic heterocycles. The summed E-state index contributed by atoms with van der Waals surface area (Å²) in [5.41, 5.74) is 6.04. The third-order valence-electron chi connectivity index (χ3n) is 3.63. The number of nitrogens with one attached hydrogen (secondary N) is 2. The summed E-state index contributed by atoms with van der Waals surface area (Å²) in [6, 6.07) is 8.76. The smallest absolute Gasteiger partial charge is 0.0794 e. The van der Waals surface area contributed by atoms with Crippen LogP contribution in [0.1, 0.15) is 22.7 Å². The molecule has 0 radical (unpaired) electrons. The highest BCUT2D eigenvalue weighted by atomic mass is 32.1. The van der Waals surface area contributed by atoms with E-state index in [1.165, 1.54) is 16.8 Å². The van der Waals surface area contributed by atoms with Crippen molar-refractivity contribution in [2.75, 3.05) is 19.6 Å². The molecule has 0 saturated carbocycles. The standard InChI is InChI=1S/C15H19N3S/c1-2-4-15-12(3-1)7-17-9-13(15)8-16-6-5-14-10-19-11-18-14/h1-4,10-11,13,16-17H,5-9H2. The van der Waals surface area contributed by atoms with Crippen molar-refractivity contribution < 1.29 is 0 Å². The Balaban J connectivity index is 1.51. The van der Waals surface area contributed by atoms with Gasteiger partial charge in [0.25, 0.3) is 0 Å². The van der Waals surface area contributed by atoms with Crippen molar-refractivity contribution >= 4 is 11.3 Å². The van der Waals surface area contributed by atoms with Crippen molar-refractivity contribution in [3.05, 3.63) is 52.0 Å². The summed E-state index contributed by atoms with van der Waals surface area (Å²) in [6.07, 6.45) is 1.02. The molecule has 1 atom stereocenters. The maximum Gasteiger partial charge on any atom is 0.0794 e. The number of hydrogen-bond donors (Lipinski definition) is 2. The summed E-state index contributed by atoms with van der Waals surface area (Å²) < 4.78 is 0. The molecule has 1 aliphatic rings. The summed E-state index contributed by atoms with van der Waals surface area (Å²) in [5, 5.41) is 9.18. The summed E-state index contributed by atoms with van der Waals surface area (Å²) >= 11 is 1.67. The molecule has 100 valence electrons. The topological polar surface area (TPSA) is 37.0 Å². The van der Waals surface area contributed by atoms with Gasteiger partial charge in [0.05, 0.1) is 11.2 Å². The molecule has 1 aromatic heterocycles. The van der Waals surface area contributed by atoms with E-state index >= 15 is 0 Å². The fraction of sp³-hybridized carbons (Fsp3) is 0.400. The number of fused-ring (bicyclic) bond motifs is 1. The fourth-order valence-corrected chi connectivity index (χ4v) is 3.21. The Labute approximate surface area is 118 Å². The van der Waals surface area contributed by atoms with Gasteiger partial charge in [0.2, 0.25) is 0 Å². The summed E-state index contributed by atoms with van der Waals surface area (Å²) in [6.45, 7) is 4.11. The molecule has 0 spiro atoms. The van der Waals surface area contributed by atoms with Crippen LogP contribution in [0.15, 0.2) is 35.2 Å². The minimum Gasteiger partial charge on any atom is -0.316 e. The highest BCUT2D eigenvalue weighted by Crippen LogP contribution is 2.22. The van der Waals surface area contributed by atoms with E-state index in [4.69, 9.17) is 0 Å². The molecule has 0 bridgehead atoms. The number of benzene rings is 1. The quantitative estimate of drug-likeness (QED) is 0.820. The van der Waals surface area contributed by atoms with E-state index in [0.717, 1.165) is 32.6 Å². The molecular formula is C15H19N3S. The normalized spacial score (nSPS) is 18.2. The molecule has 3 nitrogen and oxygen atoms in total. The van der Waals surface area contributed by atoms with Crippen LogP contribution in [0.3, 0.4) is 0 Å². The minimum absolute atomic E-state index is 0.584. The van der Waals surface area contributed by atoms with Crippen LogP contribution >= 0.6 is 11.3 Å². The molecule has 1 unspecified atom stereocenters. The first-order chi connectivity index (χ1) is 9.43. The van der Waals surface area contributed by atoms with Gasteiger partial charge in [-0.3, -0.25) is 0 Å². The second-order valence-electron chi connectivity index (χ2n) is 4.96. The van der Waals surface area contributed by atoms with Crippen LogP contribution in [0.4, 0.5) is 0 Å². The molecule has 0 amide bonds. The number of rotatable bonds is 5. The average Bonchev–Trinajstić information content (AvgIpc) is 2.97. The lowest BCUT2D eigenvalue weighted by atomic mass is 9.91. The van der Waals surface area contributed by atoms with Gasteiger partial charge >= 0.3 is 0 Å². The van der Waals surface area contributed by atoms with E-state index in [1.807, 2.05) is 5.51 Å². The van der Waals surface area contributed by atoms with Crippen LogP contribution in [0, 0.1) is 0 Å². The molecule has 4 heteroatoms. The Kier molecular flexibility index (Phi) is 4.23. The molecule has 0 saturated heterocycles. The number of thiazole rings is 1. The molecule has 1 aromatic carbocycles. The summed E-state index contributed by atoms with van der Waals surface area (Å²) in [7, 11) is 0. The van der Waals surface area contributed by atoms with Crippen LogP contribution in [0.25, 0.3) is 0 Å². The molecular weight excluding hydrogens is 254 g/mol. The van der Waals surface area contributed by atoms with Gasteiger partial charge in [-0.1, -0.05) is 24.3 Å². The second-order valence-corrected chi connectivity index (χ2v) is 5.68. The number of hydrogen-bond acceptors (Lipinski definition) is 4. The highest BCUT2D eigenvalue weighted by Gasteiger charge is 2.18. The maximum atomic E-state index is 4.30. The van der Waals surface area contributed by atoms with Crippen molar-refractivity contribution in [2.24, 2.45) is 0 Å². The van der Waals surface area contributed by atoms with E-state index < -0.39 is 0 Å². The number of aromatic nitrogens is 1. The van der Waals surface area contributed by atoms with Gasteiger partial charge in [0.1, 0.15) is 0 Å². The highest BCUT2D eigenvalue weighted by molar-refractivity contribution is 7.07. The van der Waals surface area contributed by atoms with E-state index in [2.05, 4.69) is 45.3 Å². The fourth-order valence-electron chi connectivity index (χ4n) is 2.62. The molecule has 19 heavy (non-hydrogen) atoms. The average molecular weight is 273 g/mol. The zero-order chi connectivity index (χ0) is 12.9. The van der Waals surface area contributed by atoms with Gasteiger partial charge in [-0.05, 0) is 11.1 Å². The Hall–Kier alpha value is -1.23. The van der Waals surface area contributed by atoms with Gasteiger partial charge in [0.15, 0.2) is 0 Å². The van der Waals surface area contributed by atoms with Crippen LogP contribution < -0.4 is 10.6 Å². The zero-order valence-corrected chi connectivity index (χ0v) is 11.7. The summed E-state index contributed by atoms with van der Waals surface area (Å²) in [5.74, 6) is 0.584. The molecule has 3 rings (SSSR count). The molecule has 0 aliphatic carbocycles. The summed E-state index contributed by atoms with van der Waals surface area (Å²) in [4.78, 5) is 4.30. The molecule has 2 N–H and O–H groups in total. The maximum absolute atomic E-state index is 4.30. The Bertz CT molecular complexity index is 510. The third-order valence-corrected chi connectivity index (χ3v) is 4.27. The Morgan fingerprint density at radius 2 is 2.32 bits per heavy atom. The molecule has 2 heterocycles. The minimum atomic E-state index is 0.584. The first-order valence-corrected chi connectivity index (χ1v) is 7.74. The van der Waals surface area contributed by atoms with Gasteiger partial charge in [-0.25, -0.2) is 4.98 Å². The molecule has 0 fully saturated rings. The van der Waals surface area contributed by atoms with E-state index in [1.54, 1.807) is 11.3 Å². The van der Waals surface area contributed by atoms with Crippen molar-refractivity contribution in [3.8, 4) is 0 Å². The first kappa shape index (κ1) is 12.8. The van der Waals surface area contributed by atoms with Crippen LogP contribution in [0.2, 0.25) is 0 Å². The monoisotopic (exact) mass is 273 g/mol. The van der Waals surface area contributed by atoms with Crippen LogP contribution in [-0.2, 0) is 13.0 Å². The van der Waals surface area contributed by atoms with Gasteiger partial charge < -0.3 is 10.6 Å². The van der Waals surface area contributed by atoms with Crippen LogP contribution in [-0.4, -0.2) is 24.6 Å². The van der Waals surface area contributed by atoms with Crippen LogP contribution in [0.5, 0.6) is 0 Å². The SMILES string of the molecule is c1ccc2c(c1)CNCC2CNCCc1cscn1.